The third-order valence-corrected chi connectivity index (χ3v) is 4.53. The summed E-state index contributed by atoms with van der Waals surface area (Å²) in [4.78, 5) is 0. The van der Waals surface area contributed by atoms with E-state index in [0.29, 0.717) is 23.1 Å². The number of methoxy groups -OCH3 is 2. The van der Waals surface area contributed by atoms with Gasteiger partial charge in [0.2, 0.25) is 0 Å². The SMILES string of the molecule is COc1ccc(-n2nnc(CO)c2C2CCCCC2)cc1OC. The zero-order valence-corrected chi connectivity index (χ0v) is 13.7. The van der Waals surface area contributed by atoms with Crippen molar-refractivity contribution >= 4 is 0 Å². The summed E-state index contributed by atoms with van der Waals surface area (Å²) in [7, 11) is 3.23. The molecule has 1 saturated carbocycles. The lowest BCUT2D eigenvalue weighted by Gasteiger charge is -2.23. The summed E-state index contributed by atoms with van der Waals surface area (Å²) in [6.07, 6.45) is 5.95. The molecule has 0 amide bonds. The van der Waals surface area contributed by atoms with Gasteiger partial charge in [0.25, 0.3) is 0 Å². The Hall–Kier alpha value is -2.08. The Kier molecular flexibility index (Phi) is 4.81. The Bertz CT molecular complexity index is 663. The van der Waals surface area contributed by atoms with E-state index >= 15 is 0 Å². The first-order chi connectivity index (χ1) is 11.3. The summed E-state index contributed by atoms with van der Waals surface area (Å²) >= 11 is 0. The predicted molar refractivity (Wildman–Crippen MR) is 86.2 cm³/mol. The van der Waals surface area contributed by atoms with Gasteiger partial charge in [-0.2, -0.15) is 0 Å². The topological polar surface area (TPSA) is 69.4 Å². The Labute approximate surface area is 136 Å². The van der Waals surface area contributed by atoms with E-state index in [1.807, 2.05) is 22.9 Å². The largest absolute Gasteiger partial charge is 0.493 e. The molecule has 23 heavy (non-hydrogen) atoms. The Morgan fingerprint density at radius 2 is 1.87 bits per heavy atom. The molecule has 6 nitrogen and oxygen atoms in total. The zero-order valence-electron chi connectivity index (χ0n) is 13.7. The lowest BCUT2D eigenvalue weighted by molar-refractivity contribution is 0.273. The minimum Gasteiger partial charge on any atom is -0.493 e. The van der Waals surface area contributed by atoms with Gasteiger partial charge in [0, 0.05) is 12.0 Å². The molecule has 1 heterocycles. The van der Waals surface area contributed by atoms with Crippen LogP contribution >= 0.6 is 0 Å². The van der Waals surface area contributed by atoms with Gasteiger partial charge in [-0.25, -0.2) is 4.68 Å². The van der Waals surface area contributed by atoms with Gasteiger partial charge in [-0.1, -0.05) is 24.5 Å². The fourth-order valence-electron chi connectivity index (χ4n) is 3.36. The van der Waals surface area contributed by atoms with E-state index < -0.39 is 0 Å². The van der Waals surface area contributed by atoms with Crippen LogP contribution in [0, 0.1) is 0 Å². The molecule has 0 spiro atoms. The van der Waals surface area contributed by atoms with Gasteiger partial charge in [-0.05, 0) is 25.0 Å². The maximum atomic E-state index is 9.63. The summed E-state index contributed by atoms with van der Waals surface area (Å²) in [6, 6.07) is 5.68. The smallest absolute Gasteiger partial charge is 0.162 e. The fourth-order valence-corrected chi connectivity index (χ4v) is 3.36. The number of hydrogen-bond donors (Lipinski definition) is 1. The van der Waals surface area contributed by atoms with Crippen molar-refractivity contribution < 1.29 is 14.6 Å². The maximum Gasteiger partial charge on any atom is 0.162 e. The van der Waals surface area contributed by atoms with Crippen LogP contribution in [0.5, 0.6) is 11.5 Å². The molecule has 0 unspecified atom stereocenters. The van der Waals surface area contributed by atoms with Crippen LogP contribution in [0.15, 0.2) is 18.2 Å². The van der Waals surface area contributed by atoms with Crippen molar-refractivity contribution in [2.45, 2.75) is 44.6 Å². The van der Waals surface area contributed by atoms with E-state index in [1.165, 1.54) is 19.3 Å². The number of nitrogens with zero attached hydrogens (tertiary/aromatic N) is 3. The van der Waals surface area contributed by atoms with Crippen LogP contribution < -0.4 is 9.47 Å². The van der Waals surface area contributed by atoms with Crippen LogP contribution in [0.2, 0.25) is 0 Å². The average molecular weight is 317 g/mol. The summed E-state index contributed by atoms with van der Waals surface area (Å²) in [5, 5.41) is 18.1. The molecule has 1 aromatic carbocycles. The molecule has 1 aliphatic carbocycles. The summed E-state index contributed by atoms with van der Waals surface area (Å²) in [6.45, 7) is -0.0842. The van der Waals surface area contributed by atoms with Gasteiger partial charge < -0.3 is 14.6 Å². The lowest BCUT2D eigenvalue weighted by atomic mass is 9.86. The standard InChI is InChI=1S/C17H23N3O3/c1-22-15-9-8-13(10-16(15)23-2)20-17(14(11-21)18-19-20)12-6-4-3-5-7-12/h8-10,12,21H,3-7,11H2,1-2H3. The molecule has 0 atom stereocenters. The van der Waals surface area contributed by atoms with Gasteiger partial charge in [0.15, 0.2) is 11.5 Å². The van der Waals surface area contributed by atoms with Crippen LogP contribution in [0.4, 0.5) is 0 Å². The number of hydrogen-bond acceptors (Lipinski definition) is 5. The minimum absolute atomic E-state index is 0.0842. The van der Waals surface area contributed by atoms with Crippen molar-refractivity contribution in [3.05, 3.63) is 29.6 Å². The first-order valence-electron chi connectivity index (χ1n) is 8.06. The quantitative estimate of drug-likeness (QED) is 0.918. The van der Waals surface area contributed by atoms with Gasteiger partial charge in [-0.3, -0.25) is 0 Å². The number of aliphatic hydroxyl groups excluding tert-OH is 1. The Morgan fingerprint density at radius 1 is 1.13 bits per heavy atom. The third kappa shape index (κ3) is 3.03. The van der Waals surface area contributed by atoms with Crippen molar-refractivity contribution in [1.82, 2.24) is 15.0 Å². The zero-order chi connectivity index (χ0) is 16.2. The molecule has 2 aromatic rings. The van der Waals surface area contributed by atoms with Crippen LogP contribution in [0.25, 0.3) is 5.69 Å². The highest BCUT2D eigenvalue weighted by molar-refractivity contribution is 5.49. The van der Waals surface area contributed by atoms with Crippen molar-refractivity contribution in [2.75, 3.05) is 14.2 Å². The van der Waals surface area contributed by atoms with Gasteiger partial charge in [-0.15, -0.1) is 5.10 Å². The van der Waals surface area contributed by atoms with Crippen LogP contribution in [0.3, 0.4) is 0 Å². The number of ether oxygens (including phenoxy) is 2. The molecule has 1 aliphatic rings. The second kappa shape index (κ2) is 7.00. The molecule has 1 fully saturated rings. The van der Waals surface area contributed by atoms with Crippen molar-refractivity contribution in [3.63, 3.8) is 0 Å². The van der Waals surface area contributed by atoms with E-state index in [-0.39, 0.29) is 6.61 Å². The van der Waals surface area contributed by atoms with Crippen LogP contribution in [-0.2, 0) is 6.61 Å². The molecule has 1 aromatic heterocycles. The molecule has 3 rings (SSSR count). The maximum absolute atomic E-state index is 9.63. The van der Waals surface area contributed by atoms with E-state index in [0.717, 1.165) is 24.2 Å². The average Bonchev–Trinajstić information content (AvgIpc) is 3.05. The Balaban J connectivity index is 2.04. The molecule has 0 aliphatic heterocycles. The molecule has 1 N–H and O–H groups in total. The lowest BCUT2D eigenvalue weighted by Crippen LogP contribution is -2.13. The number of aromatic nitrogens is 3. The highest BCUT2D eigenvalue weighted by Gasteiger charge is 2.25. The van der Waals surface area contributed by atoms with E-state index in [1.54, 1.807) is 14.2 Å². The second-order valence-electron chi connectivity index (χ2n) is 5.87. The van der Waals surface area contributed by atoms with Crippen molar-refractivity contribution in [1.29, 1.82) is 0 Å². The van der Waals surface area contributed by atoms with Crippen molar-refractivity contribution in [2.24, 2.45) is 0 Å². The van der Waals surface area contributed by atoms with Crippen LogP contribution in [-0.4, -0.2) is 34.3 Å². The summed E-state index contributed by atoms with van der Waals surface area (Å²) in [5.74, 6) is 1.73. The highest BCUT2D eigenvalue weighted by atomic mass is 16.5. The fraction of sp³-hybridized carbons (Fsp3) is 0.529. The van der Waals surface area contributed by atoms with Crippen molar-refractivity contribution in [3.8, 4) is 17.2 Å². The molecule has 6 heteroatoms. The molecular weight excluding hydrogens is 294 g/mol. The first kappa shape index (κ1) is 15.8. The number of rotatable bonds is 5. The monoisotopic (exact) mass is 317 g/mol. The Morgan fingerprint density at radius 3 is 2.52 bits per heavy atom. The third-order valence-electron chi connectivity index (χ3n) is 4.53. The molecular formula is C17H23N3O3. The summed E-state index contributed by atoms with van der Waals surface area (Å²) < 4.78 is 12.5. The molecule has 0 radical (unpaired) electrons. The van der Waals surface area contributed by atoms with Gasteiger partial charge in [0.05, 0.1) is 32.2 Å². The summed E-state index contributed by atoms with van der Waals surface area (Å²) in [5.41, 5.74) is 2.57. The van der Waals surface area contributed by atoms with Gasteiger partial charge >= 0.3 is 0 Å². The molecule has 0 bridgehead atoms. The number of benzene rings is 1. The highest BCUT2D eigenvalue weighted by Crippen LogP contribution is 2.36. The minimum atomic E-state index is -0.0842. The van der Waals surface area contributed by atoms with E-state index in [9.17, 15) is 5.11 Å². The van der Waals surface area contributed by atoms with E-state index in [4.69, 9.17) is 9.47 Å². The first-order valence-corrected chi connectivity index (χ1v) is 8.06. The normalized spacial score (nSPS) is 15.6. The number of aliphatic hydroxyl groups is 1. The molecule has 0 saturated heterocycles. The van der Waals surface area contributed by atoms with Gasteiger partial charge in [0.1, 0.15) is 5.69 Å². The van der Waals surface area contributed by atoms with Crippen LogP contribution in [0.1, 0.15) is 49.4 Å². The predicted octanol–water partition coefficient (Wildman–Crippen LogP) is 2.82. The second-order valence-corrected chi connectivity index (χ2v) is 5.87. The van der Waals surface area contributed by atoms with E-state index in [2.05, 4.69) is 10.3 Å². The molecule has 124 valence electrons.